The average Bonchev–Trinajstić information content (AvgIpc) is 3.75. The van der Waals surface area contributed by atoms with E-state index in [0.29, 0.717) is 47.2 Å². The molecular formula is C39H42ClN3O5S. The minimum absolute atomic E-state index is 0.159. The van der Waals surface area contributed by atoms with Gasteiger partial charge in [0.05, 0.1) is 46.5 Å². The number of aliphatic hydroxyl groups is 1. The van der Waals surface area contributed by atoms with Crippen molar-refractivity contribution < 1.29 is 24.2 Å². The summed E-state index contributed by atoms with van der Waals surface area (Å²) in [6.45, 7) is 12.2. The Labute approximate surface area is 297 Å². The average molecular weight is 700 g/mol. The molecule has 2 unspecified atom stereocenters. The minimum atomic E-state index is -0.968. The summed E-state index contributed by atoms with van der Waals surface area (Å²) < 4.78 is 4.73. The van der Waals surface area contributed by atoms with Crippen molar-refractivity contribution in [2.75, 3.05) is 36.1 Å². The summed E-state index contributed by atoms with van der Waals surface area (Å²) in [5.74, 6) is -1.54. The third kappa shape index (κ3) is 5.96. The molecule has 3 amide bonds. The number of carbonyl (C=O) groups excluding carboxylic acids is 3. The molecule has 3 aromatic carbocycles. The SMILES string of the molecule is C=CCN(C(=O)[C@@H]1[C@@H]2CCC3(S2)C(C(=O)N(CC=C)c2c(C)cccc2Cl)N([C@H](CO)c2ccccc2)C(=O)[C@H]13)c1ccc(OCC)cc1. The van der Waals surface area contributed by atoms with E-state index in [0.717, 1.165) is 5.56 Å². The molecule has 1 N–H and O–H groups in total. The number of fused-ring (bicyclic) bond motifs is 1. The van der Waals surface area contributed by atoms with Crippen molar-refractivity contribution in [3.8, 4) is 5.75 Å². The van der Waals surface area contributed by atoms with Crippen LogP contribution in [-0.4, -0.2) is 70.1 Å². The molecule has 0 radical (unpaired) electrons. The first kappa shape index (κ1) is 34.8. The second kappa shape index (κ2) is 14.4. The Kier molecular flexibility index (Phi) is 10.2. The van der Waals surface area contributed by atoms with E-state index in [4.69, 9.17) is 16.3 Å². The molecule has 0 aliphatic carbocycles. The maximum atomic E-state index is 15.2. The highest BCUT2D eigenvalue weighted by Crippen LogP contribution is 2.67. The second-order valence-electron chi connectivity index (χ2n) is 12.7. The number of nitrogens with zero attached hydrogens (tertiary/aromatic N) is 3. The summed E-state index contributed by atoms with van der Waals surface area (Å²) >= 11 is 8.33. The van der Waals surface area contributed by atoms with Gasteiger partial charge in [-0.05, 0) is 68.1 Å². The van der Waals surface area contributed by atoms with E-state index in [9.17, 15) is 9.90 Å². The van der Waals surface area contributed by atoms with Crippen molar-refractivity contribution in [3.63, 3.8) is 0 Å². The van der Waals surface area contributed by atoms with Gasteiger partial charge in [-0.25, -0.2) is 0 Å². The van der Waals surface area contributed by atoms with Crippen molar-refractivity contribution in [2.24, 2.45) is 11.8 Å². The normalized spacial score (nSPS) is 24.3. The number of aryl methyl sites for hydroxylation is 1. The van der Waals surface area contributed by atoms with Gasteiger partial charge in [0.1, 0.15) is 11.8 Å². The van der Waals surface area contributed by atoms with E-state index in [-0.39, 0.29) is 36.1 Å². The van der Waals surface area contributed by atoms with Crippen molar-refractivity contribution >= 4 is 52.5 Å². The van der Waals surface area contributed by atoms with Crippen LogP contribution < -0.4 is 14.5 Å². The molecule has 2 bridgehead atoms. The molecule has 0 aromatic heterocycles. The van der Waals surface area contributed by atoms with Crippen molar-refractivity contribution in [1.82, 2.24) is 4.90 Å². The van der Waals surface area contributed by atoms with Crippen LogP contribution in [0.1, 0.15) is 36.9 Å². The topological polar surface area (TPSA) is 90.4 Å². The van der Waals surface area contributed by atoms with Gasteiger partial charge in [0.15, 0.2) is 0 Å². The van der Waals surface area contributed by atoms with Gasteiger partial charge in [-0.1, -0.05) is 66.2 Å². The standard InChI is InChI=1S/C39H42ClN3O5S/c1-5-22-41(27-16-18-28(19-17-27)48-7-3)36(45)32-31-20-21-39(49-31)33(32)37(46)43(30(24-44)26-13-9-8-10-14-26)35(39)38(47)42(23-6-2)34-25(4)12-11-15-29(34)40/h5-6,8-19,30-33,35,44H,1-2,7,20-24H2,3-4H3/t30-,31+,32-,33+,35?,39?/m1/s1. The molecule has 3 fully saturated rings. The van der Waals surface area contributed by atoms with Gasteiger partial charge < -0.3 is 24.5 Å². The molecule has 1 spiro atoms. The van der Waals surface area contributed by atoms with E-state index in [1.165, 1.54) is 0 Å². The molecule has 256 valence electrons. The largest absolute Gasteiger partial charge is 0.494 e. The zero-order valence-corrected chi connectivity index (χ0v) is 29.4. The summed E-state index contributed by atoms with van der Waals surface area (Å²) in [5.41, 5.74) is 2.75. The van der Waals surface area contributed by atoms with Crippen LogP contribution in [0.4, 0.5) is 11.4 Å². The van der Waals surface area contributed by atoms with Crippen LogP contribution in [-0.2, 0) is 14.4 Å². The molecule has 49 heavy (non-hydrogen) atoms. The molecule has 3 heterocycles. The molecule has 3 aromatic rings. The quantitative estimate of drug-likeness (QED) is 0.202. The molecule has 8 nitrogen and oxygen atoms in total. The summed E-state index contributed by atoms with van der Waals surface area (Å²) in [5, 5.41) is 11.2. The Hall–Kier alpha value is -4.05. The predicted molar refractivity (Wildman–Crippen MR) is 196 cm³/mol. The van der Waals surface area contributed by atoms with Gasteiger partial charge in [0, 0.05) is 24.0 Å². The Balaban J connectivity index is 1.47. The Morgan fingerprint density at radius 3 is 2.37 bits per heavy atom. The number of halogens is 1. The number of para-hydroxylation sites is 1. The molecule has 6 atom stereocenters. The number of amides is 3. The summed E-state index contributed by atoms with van der Waals surface area (Å²) in [6, 6.07) is 20.3. The number of likely N-dealkylation sites (tertiary alicyclic amines) is 1. The van der Waals surface area contributed by atoms with Crippen LogP contribution >= 0.6 is 23.4 Å². The summed E-state index contributed by atoms with van der Waals surface area (Å²) in [6.07, 6.45) is 4.58. The fourth-order valence-electron chi connectivity index (χ4n) is 8.07. The molecule has 10 heteroatoms. The van der Waals surface area contributed by atoms with Crippen molar-refractivity contribution in [2.45, 2.75) is 48.8 Å². The van der Waals surface area contributed by atoms with Crippen LogP contribution in [0.2, 0.25) is 5.02 Å². The van der Waals surface area contributed by atoms with Crippen molar-refractivity contribution in [1.29, 1.82) is 0 Å². The monoisotopic (exact) mass is 699 g/mol. The first-order chi connectivity index (χ1) is 23.7. The zero-order chi connectivity index (χ0) is 34.9. The summed E-state index contributed by atoms with van der Waals surface area (Å²) in [7, 11) is 0. The van der Waals surface area contributed by atoms with Gasteiger partial charge in [-0.2, -0.15) is 0 Å². The predicted octanol–water partition coefficient (Wildman–Crippen LogP) is 6.61. The Bertz CT molecular complexity index is 1720. The van der Waals surface area contributed by atoms with E-state index in [2.05, 4.69) is 13.2 Å². The minimum Gasteiger partial charge on any atom is -0.494 e. The van der Waals surface area contributed by atoms with Gasteiger partial charge in [0.25, 0.3) is 5.91 Å². The first-order valence-corrected chi connectivity index (χ1v) is 18.0. The maximum Gasteiger partial charge on any atom is 0.251 e. The smallest absolute Gasteiger partial charge is 0.251 e. The highest BCUT2D eigenvalue weighted by molar-refractivity contribution is 8.02. The lowest BCUT2D eigenvalue weighted by atomic mass is 9.70. The number of ether oxygens (including phenoxy) is 1. The van der Waals surface area contributed by atoms with Crippen LogP contribution in [0.15, 0.2) is 98.1 Å². The first-order valence-electron chi connectivity index (χ1n) is 16.7. The number of thioether (sulfide) groups is 1. The second-order valence-corrected chi connectivity index (χ2v) is 14.7. The number of hydrogen-bond acceptors (Lipinski definition) is 6. The molecule has 3 saturated heterocycles. The zero-order valence-electron chi connectivity index (χ0n) is 27.8. The van der Waals surface area contributed by atoms with E-state index >= 15 is 9.59 Å². The van der Waals surface area contributed by atoms with Crippen LogP contribution in [0, 0.1) is 18.8 Å². The molecule has 0 saturated carbocycles. The molecule has 3 aliphatic rings. The lowest BCUT2D eigenvalue weighted by Crippen LogP contribution is -2.56. The van der Waals surface area contributed by atoms with Crippen LogP contribution in [0.5, 0.6) is 5.75 Å². The third-order valence-electron chi connectivity index (χ3n) is 10.0. The van der Waals surface area contributed by atoms with Crippen LogP contribution in [0.25, 0.3) is 0 Å². The number of carbonyl (C=O) groups is 3. The lowest BCUT2D eigenvalue weighted by Gasteiger charge is -2.40. The fourth-order valence-corrected chi connectivity index (χ4v) is 10.6. The van der Waals surface area contributed by atoms with E-state index in [1.54, 1.807) is 44.7 Å². The van der Waals surface area contributed by atoms with Gasteiger partial charge in [0.2, 0.25) is 11.8 Å². The van der Waals surface area contributed by atoms with E-state index < -0.39 is 35.3 Å². The Morgan fingerprint density at radius 1 is 1.04 bits per heavy atom. The molecule has 3 aliphatic heterocycles. The number of hydrogen-bond donors (Lipinski definition) is 1. The van der Waals surface area contributed by atoms with Gasteiger partial charge >= 0.3 is 0 Å². The highest BCUT2D eigenvalue weighted by atomic mass is 35.5. The Morgan fingerprint density at radius 2 is 1.73 bits per heavy atom. The van der Waals surface area contributed by atoms with Gasteiger partial charge in [-0.15, -0.1) is 24.9 Å². The number of aliphatic hydroxyl groups excluding tert-OH is 1. The van der Waals surface area contributed by atoms with Crippen LogP contribution in [0.3, 0.4) is 0 Å². The molecular weight excluding hydrogens is 658 g/mol. The number of benzene rings is 3. The number of rotatable bonds is 13. The molecule has 6 rings (SSSR count). The van der Waals surface area contributed by atoms with E-state index in [1.807, 2.05) is 80.6 Å². The summed E-state index contributed by atoms with van der Waals surface area (Å²) in [4.78, 5) is 49.8. The number of anilines is 2. The third-order valence-corrected chi connectivity index (χ3v) is 12.3. The fraction of sp³-hybridized carbons (Fsp3) is 0.359. The van der Waals surface area contributed by atoms with Crippen molar-refractivity contribution in [3.05, 3.63) is 114 Å². The lowest BCUT2D eigenvalue weighted by molar-refractivity contribution is -0.142. The highest BCUT2D eigenvalue weighted by Gasteiger charge is 2.75. The maximum absolute atomic E-state index is 15.2. The van der Waals surface area contributed by atoms with Gasteiger partial charge in [-0.3, -0.25) is 14.4 Å².